The van der Waals surface area contributed by atoms with Crippen LogP contribution in [0.4, 0.5) is 0 Å². The average Bonchev–Trinajstić information content (AvgIpc) is 3.03. The molecule has 0 aromatic heterocycles. The zero-order chi connectivity index (χ0) is 16.5. The fourth-order valence-corrected chi connectivity index (χ4v) is 4.90. The minimum Gasteiger partial charge on any atom is -0.380 e. The maximum atomic E-state index is 12.5. The van der Waals surface area contributed by atoms with Crippen molar-refractivity contribution in [1.29, 1.82) is 0 Å². The summed E-state index contributed by atoms with van der Waals surface area (Å²) >= 11 is 0. The van der Waals surface area contributed by atoms with Crippen molar-refractivity contribution in [2.75, 3.05) is 32.6 Å². The Balaban J connectivity index is 1.66. The second kappa shape index (κ2) is 6.53. The molecule has 2 aliphatic heterocycles. The maximum Gasteiger partial charge on any atom is 0.249 e. The van der Waals surface area contributed by atoms with E-state index in [0.717, 1.165) is 44.1 Å². The lowest BCUT2D eigenvalue weighted by molar-refractivity contribution is -0.131. The lowest BCUT2D eigenvalue weighted by Gasteiger charge is -2.48. The molecular formula is C16H26N2O4S. The molecule has 0 radical (unpaired) electrons. The minimum absolute atomic E-state index is 0.0812. The molecule has 2 saturated heterocycles. The van der Waals surface area contributed by atoms with Crippen LogP contribution >= 0.6 is 0 Å². The molecule has 7 heteroatoms. The Labute approximate surface area is 138 Å². The normalized spacial score (nSPS) is 28.0. The first-order chi connectivity index (χ1) is 10.9. The Kier molecular flexibility index (Phi) is 4.80. The number of nitrogens with zero attached hydrogens (tertiary/aromatic N) is 1. The standard InChI is InChI=1S/C16H26N2O4S/c1-23(20,21)17-14-12-22-11-8-16(14)6-9-18(10-7-16)15(19)13-4-2-3-5-13/h4,14,17H,2-3,5-12H2,1H3. The van der Waals surface area contributed by atoms with E-state index in [2.05, 4.69) is 10.8 Å². The molecule has 1 amide bonds. The lowest BCUT2D eigenvalue weighted by Crippen LogP contribution is -2.57. The minimum atomic E-state index is -3.26. The third-order valence-electron chi connectivity index (χ3n) is 5.49. The Hall–Kier alpha value is -0.920. The average molecular weight is 342 g/mol. The summed E-state index contributed by atoms with van der Waals surface area (Å²) in [6, 6.07) is -0.186. The summed E-state index contributed by atoms with van der Waals surface area (Å²) in [4.78, 5) is 14.4. The SMILES string of the molecule is CS(=O)(=O)NC1COCCC12CCN(C(=O)C1=CCCC1)CC2. The van der Waals surface area contributed by atoms with Crippen LogP contribution in [-0.2, 0) is 19.6 Å². The highest BCUT2D eigenvalue weighted by Crippen LogP contribution is 2.41. The number of carbonyl (C=O) groups is 1. The van der Waals surface area contributed by atoms with Crippen LogP contribution in [-0.4, -0.2) is 57.8 Å². The predicted octanol–water partition coefficient (Wildman–Crippen LogP) is 1.04. The van der Waals surface area contributed by atoms with Gasteiger partial charge < -0.3 is 9.64 Å². The zero-order valence-corrected chi connectivity index (χ0v) is 14.5. The third kappa shape index (κ3) is 3.78. The quantitative estimate of drug-likeness (QED) is 0.832. The molecule has 6 nitrogen and oxygen atoms in total. The molecule has 23 heavy (non-hydrogen) atoms. The monoisotopic (exact) mass is 342 g/mol. The van der Waals surface area contributed by atoms with Gasteiger partial charge in [-0.15, -0.1) is 0 Å². The molecule has 1 atom stereocenters. The molecule has 2 fully saturated rings. The van der Waals surface area contributed by atoms with Gasteiger partial charge in [0.05, 0.1) is 18.9 Å². The van der Waals surface area contributed by atoms with Crippen LogP contribution in [0.2, 0.25) is 0 Å². The summed E-state index contributed by atoms with van der Waals surface area (Å²) in [7, 11) is -3.26. The molecule has 3 rings (SSSR count). The molecule has 0 aromatic carbocycles. The van der Waals surface area contributed by atoms with Gasteiger partial charge in [0.2, 0.25) is 15.9 Å². The van der Waals surface area contributed by atoms with Crippen molar-refractivity contribution >= 4 is 15.9 Å². The van der Waals surface area contributed by atoms with E-state index in [9.17, 15) is 13.2 Å². The molecule has 0 aromatic rings. The molecule has 2 heterocycles. The van der Waals surface area contributed by atoms with Gasteiger partial charge in [-0.3, -0.25) is 4.79 Å². The number of allylic oxidation sites excluding steroid dienone is 1. The highest BCUT2D eigenvalue weighted by molar-refractivity contribution is 7.88. The maximum absolute atomic E-state index is 12.5. The molecule has 1 aliphatic carbocycles. The van der Waals surface area contributed by atoms with Crippen molar-refractivity contribution in [3.8, 4) is 0 Å². The summed E-state index contributed by atoms with van der Waals surface area (Å²) in [5.74, 6) is 0.178. The van der Waals surface area contributed by atoms with Crippen molar-refractivity contribution in [2.24, 2.45) is 5.41 Å². The summed E-state index contributed by atoms with van der Waals surface area (Å²) < 4.78 is 31.5. The zero-order valence-electron chi connectivity index (χ0n) is 13.7. The van der Waals surface area contributed by atoms with E-state index in [0.29, 0.717) is 26.3 Å². The molecule has 1 spiro atoms. The Bertz CT molecular complexity index is 591. The summed E-state index contributed by atoms with van der Waals surface area (Å²) in [6.45, 7) is 2.50. The van der Waals surface area contributed by atoms with Crippen molar-refractivity contribution < 1.29 is 17.9 Å². The predicted molar refractivity (Wildman–Crippen MR) is 87.4 cm³/mol. The molecule has 1 N–H and O–H groups in total. The number of rotatable bonds is 3. The largest absolute Gasteiger partial charge is 0.380 e. The molecular weight excluding hydrogens is 316 g/mol. The number of hydrogen-bond donors (Lipinski definition) is 1. The number of nitrogens with one attached hydrogen (secondary N) is 1. The third-order valence-corrected chi connectivity index (χ3v) is 6.20. The Morgan fingerprint density at radius 2 is 2.09 bits per heavy atom. The van der Waals surface area contributed by atoms with Gasteiger partial charge in [0.25, 0.3) is 0 Å². The number of carbonyl (C=O) groups excluding carboxylic acids is 1. The fourth-order valence-electron chi connectivity index (χ4n) is 4.07. The van der Waals surface area contributed by atoms with E-state index in [1.165, 1.54) is 6.26 Å². The summed E-state index contributed by atoms with van der Waals surface area (Å²) in [6.07, 6.45) is 8.77. The van der Waals surface area contributed by atoms with Gasteiger partial charge in [-0.25, -0.2) is 13.1 Å². The van der Waals surface area contributed by atoms with Gasteiger partial charge in [0, 0.05) is 25.3 Å². The topological polar surface area (TPSA) is 75.7 Å². The van der Waals surface area contributed by atoms with Crippen LogP contribution in [0.5, 0.6) is 0 Å². The highest BCUT2D eigenvalue weighted by atomic mass is 32.2. The van der Waals surface area contributed by atoms with Crippen LogP contribution < -0.4 is 4.72 Å². The van der Waals surface area contributed by atoms with Gasteiger partial charge in [-0.05, 0) is 43.9 Å². The molecule has 1 unspecified atom stereocenters. The molecule has 0 saturated carbocycles. The number of hydrogen-bond acceptors (Lipinski definition) is 4. The molecule has 3 aliphatic rings. The van der Waals surface area contributed by atoms with E-state index in [1.807, 2.05) is 4.90 Å². The van der Waals surface area contributed by atoms with E-state index in [4.69, 9.17) is 4.74 Å². The number of piperidine rings is 1. The number of likely N-dealkylation sites (tertiary alicyclic amines) is 1. The number of amides is 1. The van der Waals surface area contributed by atoms with Gasteiger partial charge in [0.1, 0.15) is 0 Å². The number of sulfonamides is 1. The Morgan fingerprint density at radius 1 is 1.35 bits per heavy atom. The van der Waals surface area contributed by atoms with Crippen LogP contribution in [0.15, 0.2) is 11.6 Å². The van der Waals surface area contributed by atoms with Crippen molar-refractivity contribution in [3.63, 3.8) is 0 Å². The highest BCUT2D eigenvalue weighted by Gasteiger charge is 2.45. The summed E-state index contributed by atoms with van der Waals surface area (Å²) in [5.41, 5.74) is 0.876. The van der Waals surface area contributed by atoms with Crippen LogP contribution in [0.3, 0.4) is 0 Å². The second-order valence-electron chi connectivity index (χ2n) is 7.04. The first-order valence-electron chi connectivity index (χ1n) is 8.43. The first kappa shape index (κ1) is 16.9. The molecule has 130 valence electrons. The number of ether oxygens (including phenoxy) is 1. The fraction of sp³-hybridized carbons (Fsp3) is 0.812. The van der Waals surface area contributed by atoms with E-state index in [1.54, 1.807) is 0 Å². The van der Waals surface area contributed by atoms with Gasteiger partial charge in [0.15, 0.2) is 0 Å². The van der Waals surface area contributed by atoms with Crippen LogP contribution in [0.1, 0.15) is 38.5 Å². The van der Waals surface area contributed by atoms with Crippen molar-refractivity contribution in [1.82, 2.24) is 9.62 Å². The van der Waals surface area contributed by atoms with Gasteiger partial charge in [-0.2, -0.15) is 0 Å². The van der Waals surface area contributed by atoms with E-state index < -0.39 is 10.0 Å². The van der Waals surface area contributed by atoms with E-state index in [-0.39, 0.29) is 17.4 Å². The smallest absolute Gasteiger partial charge is 0.249 e. The van der Waals surface area contributed by atoms with E-state index >= 15 is 0 Å². The van der Waals surface area contributed by atoms with Crippen LogP contribution in [0.25, 0.3) is 0 Å². The summed E-state index contributed by atoms with van der Waals surface area (Å²) in [5, 5.41) is 0. The van der Waals surface area contributed by atoms with Crippen molar-refractivity contribution in [2.45, 2.75) is 44.6 Å². The Morgan fingerprint density at radius 3 is 2.70 bits per heavy atom. The second-order valence-corrected chi connectivity index (χ2v) is 8.82. The van der Waals surface area contributed by atoms with Crippen LogP contribution in [0, 0.1) is 5.41 Å². The van der Waals surface area contributed by atoms with Gasteiger partial charge in [-0.1, -0.05) is 6.08 Å². The lowest BCUT2D eigenvalue weighted by atomic mass is 9.69. The van der Waals surface area contributed by atoms with Crippen molar-refractivity contribution in [3.05, 3.63) is 11.6 Å². The molecule has 0 bridgehead atoms. The first-order valence-corrected chi connectivity index (χ1v) is 10.3. The van der Waals surface area contributed by atoms with Gasteiger partial charge >= 0.3 is 0 Å².